The van der Waals surface area contributed by atoms with E-state index >= 15 is 0 Å². The third-order valence-corrected chi connectivity index (χ3v) is 6.01. The number of rotatable bonds is 4. The first-order valence-corrected chi connectivity index (χ1v) is 8.07. The highest BCUT2D eigenvalue weighted by Gasteiger charge is 2.36. The van der Waals surface area contributed by atoms with Crippen molar-refractivity contribution >= 4 is 11.6 Å². The van der Waals surface area contributed by atoms with Crippen LogP contribution in [0.1, 0.15) is 76.3 Å². The standard InChI is InChI=1S/C18H27Cl/c1-5-17(2,3)15-10-8-14(9-11-15)16(19)18(4)12-6-7-13-18/h8-11,16H,5-7,12-13H2,1-4H3. The van der Waals surface area contributed by atoms with Crippen LogP contribution in [-0.4, -0.2) is 0 Å². The van der Waals surface area contributed by atoms with Crippen LogP contribution in [0.3, 0.4) is 0 Å². The molecule has 0 amide bonds. The zero-order valence-corrected chi connectivity index (χ0v) is 13.6. The van der Waals surface area contributed by atoms with Gasteiger partial charge in [-0.25, -0.2) is 0 Å². The van der Waals surface area contributed by atoms with E-state index in [1.807, 2.05) is 0 Å². The Kier molecular flexibility index (Phi) is 4.30. The van der Waals surface area contributed by atoms with Crippen LogP contribution in [-0.2, 0) is 5.41 Å². The molecular weight excluding hydrogens is 252 g/mol. The molecule has 0 radical (unpaired) electrons. The minimum atomic E-state index is 0.161. The van der Waals surface area contributed by atoms with Crippen LogP contribution in [0.25, 0.3) is 0 Å². The van der Waals surface area contributed by atoms with Gasteiger partial charge in [0.2, 0.25) is 0 Å². The summed E-state index contributed by atoms with van der Waals surface area (Å²) in [6.07, 6.45) is 6.36. The summed E-state index contributed by atoms with van der Waals surface area (Å²) in [6.45, 7) is 9.20. The molecule has 1 aromatic carbocycles. The molecule has 1 aromatic rings. The molecule has 106 valence electrons. The molecular formula is C18H27Cl. The monoisotopic (exact) mass is 278 g/mol. The van der Waals surface area contributed by atoms with Gasteiger partial charge in [0.05, 0.1) is 5.38 Å². The molecule has 0 heterocycles. The average Bonchev–Trinajstić information content (AvgIpc) is 2.86. The van der Waals surface area contributed by atoms with Gasteiger partial charge in [0.1, 0.15) is 0 Å². The van der Waals surface area contributed by atoms with Crippen molar-refractivity contribution in [3.8, 4) is 0 Å². The fraction of sp³-hybridized carbons (Fsp3) is 0.667. The van der Waals surface area contributed by atoms with E-state index in [9.17, 15) is 0 Å². The second-order valence-electron chi connectivity index (χ2n) is 7.08. The number of hydrogen-bond donors (Lipinski definition) is 0. The van der Waals surface area contributed by atoms with Crippen molar-refractivity contribution in [3.63, 3.8) is 0 Å². The van der Waals surface area contributed by atoms with Crippen molar-refractivity contribution in [1.29, 1.82) is 0 Å². The largest absolute Gasteiger partial charge is 0.117 e. The predicted octanol–water partition coefficient (Wildman–Crippen LogP) is 6.23. The van der Waals surface area contributed by atoms with Gasteiger partial charge in [-0.05, 0) is 41.2 Å². The zero-order chi connectivity index (χ0) is 14.1. The Morgan fingerprint density at radius 3 is 2.16 bits per heavy atom. The highest BCUT2D eigenvalue weighted by molar-refractivity contribution is 6.21. The molecule has 1 heteroatoms. The molecule has 0 N–H and O–H groups in total. The number of halogens is 1. The van der Waals surface area contributed by atoms with E-state index in [0.717, 1.165) is 6.42 Å². The first-order valence-electron chi connectivity index (χ1n) is 7.63. The third-order valence-electron chi connectivity index (χ3n) is 5.23. The van der Waals surface area contributed by atoms with Crippen LogP contribution in [0.15, 0.2) is 24.3 Å². The first kappa shape index (κ1) is 14.9. The van der Waals surface area contributed by atoms with Crippen LogP contribution in [0.2, 0.25) is 0 Å². The van der Waals surface area contributed by atoms with Gasteiger partial charge in [0, 0.05) is 0 Å². The summed E-state index contributed by atoms with van der Waals surface area (Å²) < 4.78 is 0. The van der Waals surface area contributed by atoms with Crippen molar-refractivity contribution in [2.24, 2.45) is 5.41 Å². The topological polar surface area (TPSA) is 0 Å². The summed E-state index contributed by atoms with van der Waals surface area (Å²) in [5.41, 5.74) is 3.27. The average molecular weight is 279 g/mol. The van der Waals surface area contributed by atoms with E-state index in [2.05, 4.69) is 52.0 Å². The highest BCUT2D eigenvalue weighted by atomic mass is 35.5. The van der Waals surface area contributed by atoms with Gasteiger partial charge >= 0.3 is 0 Å². The van der Waals surface area contributed by atoms with Gasteiger partial charge in [-0.3, -0.25) is 0 Å². The Labute approximate surface area is 123 Å². The van der Waals surface area contributed by atoms with E-state index < -0.39 is 0 Å². The van der Waals surface area contributed by atoms with E-state index in [-0.39, 0.29) is 10.8 Å². The number of alkyl halides is 1. The molecule has 0 saturated heterocycles. The second kappa shape index (κ2) is 5.48. The smallest absolute Gasteiger partial charge is 0.0638 e. The molecule has 1 aliphatic carbocycles. The fourth-order valence-electron chi connectivity index (χ4n) is 3.15. The minimum absolute atomic E-state index is 0.161. The third kappa shape index (κ3) is 2.99. The van der Waals surface area contributed by atoms with E-state index in [0.29, 0.717) is 5.41 Å². The maximum Gasteiger partial charge on any atom is 0.0638 e. The van der Waals surface area contributed by atoms with Gasteiger partial charge in [-0.2, -0.15) is 0 Å². The quantitative estimate of drug-likeness (QED) is 0.572. The van der Waals surface area contributed by atoms with Gasteiger partial charge in [-0.15, -0.1) is 11.6 Å². The van der Waals surface area contributed by atoms with Crippen molar-refractivity contribution in [2.75, 3.05) is 0 Å². The molecule has 0 aliphatic heterocycles. The molecule has 0 aromatic heterocycles. The molecule has 0 spiro atoms. The summed E-state index contributed by atoms with van der Waals surface area (Å²) in [7, 11) is 0. The van der Waals surface area contributed by atoms with Crippen LogP contribution >= 0.6 is 11.6 Å². The molecule has 0 nitrogen and oxygen atoms in total. The van der Waals surface area contributed by atoms with Crippen molar-refractivity contribution in [1.82, 2.24) is 0 Å². The summed E-state index contributed by atoms with van der Waals surface area (Å²) in [6, 6.07) is 9.03. The van der Waals surface area contributed by atoms with Crippen molar-refractivity contribution < 1.29 is 0 Å². The van der Waals surface area contributed by atoms with E-state index in [1.165, 1.54) is 36.8 Å². The lowest BCUT2D eigenvalue weighted by molar-refractivity contribution is 0.322. The summed E-state index contributed by atoms with van der Waals surface area (Å²) in [4.78, 5) is 0. The Morgan fingerprint density at radius 1 is 1.16 bits per heavy atom. The van der Waals surface area contributed by atoms with Gasteiger partial charge in [0.25, 0.3) is 0 Å². The predicted molar refractivity (Wildman–Crippen MR) is 84.9 cm³/mol. The molecule has 1 unspecified atom stereocenters. The summed E-state index contributed by atoms with van der Waals surface area (Å²) >= 11 is 6.75. The lowest BCUT2D eigenvalue weighted by Crippen LogP contribution is -2.19. The lowest BCUT2D eigenvalue weighted by Gasteiger charge is -2.30. The van der Waals surface area contributed by atoms with Crippen molar-refractivity contribution in [2.45, 2.75) is 70.6 Å². The van der Waals surface area contributed by atoms with Crippen molar-refractivity contribution in [3.05, 3.63) is 35.4 Å². The Hall–Kier alpha value is -0.490. The van der Waals surface area contributed by atoms with E-state index in [1.54, 1.807) is 0 Å². The number of benzene rings is 1. The van der Waals surface area contributed by atoms with Gasteiger partial charge < -0.3 is 0 Å². The summed E-state index contributed by atoms with van der Waals surface area (Å²) in [5.74, 6) is 0. The summed E-state index contributed by atoms with van der Waals surface area (Å²) in [5, 5.41) is 0.161. The molecule has 2 rings (SSSR count). The lowest BCUT2D eigenvalue weighted by atomic mass is 9.79. The van der Waals surface area contributed by atoms with Crippen LogP contribution in [0.4, 0.5) is 0 Å². The Balaban J connectivity index is 2.18. The molecule has 0 bridgehead atoms. The molecule has 1 aliphatic rings. The molecule has 1 saturated carbocycles. The maximum absolute atomic E-state index is 6.75. The maximum atomic E-state index is 6.75. The Bertz CT molecular complexity index is 410. The normalized spacial score (nSPS) is 20.5. The highest BCUT2D eigenvalue weighted by Crippen LogP contribution is 2.50. The number of hydrogen-bond acceptors (Lipinski definition) is 0. The minimum Gasteiger partial charge on any atom is -0.117 e. The van der Waals surface area contributed by atoms with Crippen LogP contribution in [0, 0.1) is 5.41 Å². The fourth-order valence-corrected chi connectivity index (χ4v) is 3.51. The first-order chi connectivity index (χ1) is 8.89. The van der Waals surface area contributed by atoms with Crippen LogP contribution in [0.5, 0.6) is 0 Å². The molecule has 19 heavy (non-hydrogen) atoms. The van der Waals surface area contributed by atoms with Crippen LogP contribution < -0.4 is 0 Å². The second-order valence-corrected chi connectivity index (χ2v) is 7.52. The molecule has 1 fully saturated rings. The van der Waals surface area contributed by atoms with Gasteiger partial charge in [-0.1, -0.05) is 64.8 Å². The SMILES string of the molecule is CCC(C)(C)c1ccc(C(Cl)C2(C)CCCC2)cc1. The molecule has 1 atom stereocenters. The van der Waals surface area contributed by atoms with E-state index in [4.69, 9.17) is 11.6 Å². The van der Waals surface area contributed by atoms with Gasteiger partial charge in [0.15, 0.2) is 0 Å². The Morgan fingerprint density at radius 2 is 1.68 bits per heavy atom. The zero-order valence-electron chi connectivity index (χ0n) is 12.8.